The lowest BCUT2D eigenvalue weighted by molar-refractivity contribution is 0.0644. The Labute approximate surface area is 84.5 Å². The van der Waals surface area contributed by atoms with Gasteiger partial charge in [-0.3, -0.25) is 0 Å². The summed E-state index contributed by atoms with van der Waals surface area (Å²) in [5.74, 6) is 0. The van der Waals surface area contributed by atoms with Crippen molar-refractivity contribution < 1.29 is 9.84 Å². The Kier molecular flexibility index (Phi) is 4.65. The van der Waals surface area contributed by atoms with E-state index in [2.05, 4.69) is 17.6 Å². The molecule has 1 aromatic heterocycles. The SMILES string of the molecule is COCC(O)CNCc1ccn(C)c1. The number of aryl methyl sites for hydroxylation is 1. The highest BCUT2D eigenvalue weighted by atomic mass is 16.5. The van der Waals surface area contributed by atoms with Gasteiger partial charge in [-0.25, -0.2) is 0 Å². The first-order valence-corrected chi connectivity index (χ1v) is 4.71. The molecule has 0 aliphatic heterocycles. The largest absolute Gasteiger partial charge is 0.389 e. The highest BCUT2D eigenvalue weighted by Gasteiger charge is 2.02. The first kappa shape index (κ1) is 11.2. The molecule has 14 heavy (non-hydrogen) atoms. The van der Waals surface area contributed by atoms with Crippen LogP contribution in [0.15, 0.2) is 18.5 Å². The van der Waals surface area contributed by atoms with Crippen LogP contribution in [0, 0.1) is 0 Å². The number of aromatic nitrogens is 1. The summed E-state index contributed by atoms with van der Waals surface area (Å²) in [4.78, 5) is 0. The average Bonchev–Trinajstić information content (AvgIpc) is 2.52. The van der Waals surface area contributed by atoms with E-state index >= 15 is 0 Å². The Morgan fingerprint density at radius 2 is 2.43 bits per heavy atom. The fraction of sp³-hybridized carbons (Fsp3) is 0.600. The monoisotopic (exact) mass is 198 g/mol. The highest BCUT2D eigenvalue weighted by Crippen LogP contribution is 1.98. The highest BCUT2D eigenvalue weighted by molar-refractivity contribution is 5.09. The van der Waals surface area contributed by atoms with Crippen molar-refractivity contribution in [2.75, 3.05) is 20.3 Å². The maximum atomic E-state index is 9.34. The Morgan fingerprint density at radius 1 is 1.64 bits per heavy atom. The molecule has 1 rings (SSSR count). The molecule has 0 radical (unpaired) electrons. The number of nitrogens with one attached hydrogen (secondary N) is 1. The minimum atomic E-state index is -0.427. The van der Waals surface area contributed by atoms with E-state index in [1.807, 2.05) is 17.8 Å². The fourth-order valence-corrected chi connectivity index (χ4v) is 1.30. The molecule has 0 spiro atoms. The molecule has 0 saturated heterocycles. The third-order valence-corrected chi connectivity index (χ3v) is 1.96. The lowest BCUT2D eigenvalue weighted by Crippen LogP contribution is -2.29. The molecule has 4 nitrogen and oxygen atoms in total. The zero-order valence-electron chi connectivity index (χ0n) is 8.73. The summed E-state index contributed by atoms with van der Waals surface area (Å²) >= 11 is 0. The third-order valence-electron chi connectivity index (χ3n) is 1.96. The van der Waals surface area contributed by atoms with Crippen LogP contribution in [0.1, 0.15) is 5.56 Å². The second-order valence-electron chi connectivity index (χ2n) is 3.43. The molecule has 1 atom stereocenters. The van der Waals surface area contributed by atoms with Gasteiger partial charge in [-0.2, -0.15) is 0 Å². The number of hydrogen-bond acceptors (Lipinski definition) is 3. The Bertz CT molecular complexity index is 260. The predicted octanol–water partition coefficient (Wildman–Crippen LogP) is 0.122. The molecule has 1 unspecified atom stereocenters. The van der Waals surface area contributed by atoms with E-state index in [-0.39, 0.29) is 0 Å². The van der Waals surface area contributed by atoms with Crippen LogP contribution in [0.5, 0.6) is 0 Å². The standard InChI is InChI=1S/C10H18N2O2/c1-12-4-3-9(7-12)5-11-6-10(13)8-14-2/h3-4,7,10-11,13H,5-6,8H2,1-2H3. The lowest BCUT2D eigenvalue weighted by Gasteiger charge is -2.09. The van der Waals surface area contributed by atoms with Gasteiger partial charge in [0.2, 0.25) is 0 Å². The maximum absolute atomic E-state index is 9.34. The number of hydrogen-bond donors (Lipinski definition) is 2. The second-order valence-corrected chi connectivity index (χ2v) is 3.43. The van der Waals surface area contributed by atoms with Crippen LogP contribution in [0.25, 0.3) is 0 Å². The first-order chi connectivity index (χ1) is 6.72. The summed E-state index contributed by atoms with van der Waals surface area (Å²) in [5.41, 5.74) is 1.22. The smallest absolute Gasteiger partial charge is 0.0897 e. The van der Waals surface area contributed by atoms with Crippen molar-refractivity contribution in [1.29, 1.82) is 0 Å². The van der Waals surface area contributed by atoms with Crippen LogP contribution in [-0.2, 0) is 18.3 Å². The van der Waals surface area contributed by atoms with Gasteiger partial charge in [-0.05, 0) is 11.6 Å². The van der Waals surface area contributed by atoms with E-state index in [0.717, 1.165) is 6.54 Å². The summed E-state index contributed by atoms with van der Waals surface area (Å²) < 4.78 is 6.82. The van der Waals surface area contributed by atoms with Gasteiger partial charge in [0.05, 0.1) is 12.7 Å². The van der Waals surface area contributed by atoms with Crippen LogP contribution in [-0.4, -0.2) is 36.0 Å². The zero-order chi connectivity index (χ0) is 10.4. The second kappa shape index (κ2) is 5.80. The molecule has 1 heterocycles. The summed E-state index contributed by atoms with van der Waals surface area (Å²) in [6.07, 6.45) is 3.63. The van der Waals surface area contributed by atoms with Gasteiger partial charge in [0.25, 0.3) is 0 Å². The minimum Gasteiger partial charge on any atom is -0.389 e. The van der Waals surface area contributed by atoms with Crippen molar-refractivity contribution in [3.8, 4) is 0 Å². The van der Waals surface area contributed by atoms with Gasteiger partial charge in [-0.1, -0.05) is 0 Å². The number of ether oxygens (including phenoxy) is 1. The van der Waals surface area contributed by atoms with Crippen molar-refractivity contribution in [2.45, 2.75) is 12.6 Å². The van der Waals surface area contributed by atoms with E-state index in [9.17, 15) is 5.11 Å². The van der Waals surface area contributed by atoms with Gasteiger partial charge < -0.3 is 19.7 Å². The normalized spacial score (nSPS) is 13.1. The first-order valence-electron chi connectivity index (χ1n) is 4.71. The number of methoxy groups -OCH3 is 1. The zero-order valence-corrected chi connectivity index (χ0v) is 8.73. The van der Waals surface area contributed by atoms with Gasteiger partial charge >= 0.3 is 0 Å². The Morgan fingerprint density at radius 3 is 3.00 bits per heavy atom. The number of rotatable bonds is 6. The molecule has 1 aromatic rings. The summed E-state index contributed by atoms with van der Waals surface area (Å²) in [6, 6.07) is 2.05. The molecule has 0 aromatic carbocycles. The van der Waals surface area contributed by atoms with Gasteiger partial charge in [0, 0.05) is 39.6 Å². The van der Waals surface area contributed by atoms with Gasteiger partial charge in [0.15, 0.2) is 0 Å². The van der Waals surface area contributed by atoms with Crippen molar-refractivity contribution in [1.82, 2.24) is 9.88 Å². The number of aliphatic hydroxyl groups excluding tert-OH is 1. The molecule has 0 amide bonds. The van der Waals surface area contributed by atoms with Crippen molar-refractivity contribution in [3.05, 3.63) is 24.0 Å². The molecule has 0 saturated carbocycles. The van der Waals surface area contributed by atoms with Crippen LogP contribution >= 0.6 is 0 Å². The van der Waals surface area contributed by atoms with Gasteiger partial charge in [-0.15, -0.1) is 0 Å². The summed E-state index contributed by atoms with van der Waals surface area (Å²) in [7, 11) is 3.57. The molecule has 4 heteroatoms. The van der Waals surface area contributed by atoms with Gasteiger partial charge in [0.1, 0.15) is 0 Å². The average molecular weight is 198 g/mol. The molecular formula is C10H18N2O2. The van der Waals surface area contributed by atoms with Crippen LogP contribution in [0.2, 0.25) is 0 Å². The fourth-order valence-electron chi connectivity index (χ4n) is 1.30. The van der Waals surface area contributed by atoms with Crippen LogP contribution in [0.4, 0.5) is 0 Å². The van der Waals surface area contributed by atoms with E-state index < -0.39 is 6.10 Å². The molecule has 2 N–H and O–H groups in total. The molecule has 0 fully saturated rings. The molecule has 80 valence electrons. The number of aliphatic hydroxyl groups is 1. The third kappa shape index (κ3) is 3.91. The van der Waals surface area contributed by atoms with Crippen molar-refractivity contribution >= 4 is 0 Å². The Hall–Kier alpha value is -0.840. The minimum absolute atomic E-state index is 0.377. The molecule has 0 aliphatic rings. The van der Waals surface area contributed by atoms with Crippen molar-refractivity contribution in [2.24, 2.45) is 7.05 Å². The lowest BCUT2D eigenvalue weighted by atomic mass is 10.3. The van der Waals surface area contributed by atoms with E-state index in [4.69, 9.17) is 4.74 Å². The van der Waals surface area contributed by atoms with Crippen molar-refractivity contribution in [3.63, 3.8) is 0 Å². The molecule has 0 bridgehead atoms. The Balaban J connectivity index is 2.15. The van der Waals surface area contributed by atoms with E-state index in [1.165, 1.54) is 5.56 Å². The van der Waals surface area contributed by atoms with E-state index in [0.29, 0.717) is 13.2 Å². The molecular weight excluding hydrogens is 180 g/mol. The quantitative estimate of drug-likeness (QED) is 0.682. The number of nitrogens with zero attached hydrogens (tertiary/aromatic N) is 1. The summed E-state index contributed by atoms with van der Waals surface area (Å²) in [6.45, 7) is 1.71. The van der Waals surface area contributed by atoms with Crippen LogP contribution in [0.3, 0.4) is 0 Å². The van der Waals surface area contributed by atoms with Crippen LogP contribution < -0.4 is 5.32 Å². The topological polar surface area (TPSA) is 46.4 Å². The molecule has 0 aliphatic carbocycles. The summed E-state index contributed by atoms with van der Waals surface area (Å²) in [5, 5.41) is 12.5. The predicted molar refractivity (Wildman–Crippen MR) is 55.0 cm³/mol. The van der Waals surface area contributed by atoms with E-state index in [1.54, 1.807) is 7.11 Å². The maximum Gasteiger partial charge on any atom is 0.0897 e.